The number of carbonyl (C=O) groups is 1. The van der Waals surface area contributed by atoms with Crippen LogP contribution in [0.3, 0.4) is 0 Å². The highest BCUT2D eigenvalue weighted by Gasteiger charge is 2.21. The van der Waals surface area contributed by atoms with Crippen molar-refractivity contribution in [1.82, 2.24) is 14.9 Å². The summed E-state index contributed by atoms with van der Waals surface area (Å²) >= 11 is 6.02. The fourth-order valence-electron chi connectivity index (χ4n) is 2.55. The number of halogens is 2. The lowest BCUT2D eigenvalue weighted by molar-refractivity contribution is -0.123. The molecule has 0 fully saturated rings. The van der Waals surface area contributed by atoms with Crippen molar-refractivity contribution in [3.05, 3.63) is 83.2 Å². The topological polar surface area (TPSA) is 56.2 Å². The second-order valence-electron chi connectivity index (χ2n) is 5.67. The number of hydrogen-bond donors (Lipinski definition) is 1. The number of rotatable bonds is 6. The minimum Gasteiger partial charge on any atom is -0.482 e. The van der Waals surface area contributed by atoms with Crippen molar-refractivity contribution in [2.24, 2.45) is 7.05 Å². The van der Waals surface area contributed by atoms with Gasteiger partial charge in [0.15, 0.2) is 6.61 Å². The van der Waals surface area contributed by atoms with Gasteiger partial charge in [0.1, 0.15) is 23.4 Å². The van der Waals surface area contributed by atoms with Crippen LogP contribution in [0, 0.1) is 5.82 Å². The van der Waals surface area contributed by atoms with Crippen LogP contribution in [0.25, 0.3) is 0 Å². The average Bonchev–Trinajstić information content (AvgIpc) is 3.05. The molecular formula is C19H17ClFN3O2. The molecule has 1 heterocycles. The monoisotopic (exact) mass is 373 g/mol. The molecule has 1 amide bonds. The fourth-order valence-corrected chi connectivity index (χ4v) is 2.74. The van der Waals surface area contributed by atoms with Gasteiger partial charge in [0.25, 0.3) is 5.91 Å². The molecule has 1 aromatic heterocycles. The molecular weight excluding hydrogens is 357 g/mol. The number of amides is 1. The number of para-hydroxylation sites is 1. The average molecular weight is 374 g/mol. The quantitative estimate of drug-likeness (QED) is 0.719. The lowest BCUT2D eigenvalue weighted by atomic mass is 10.1. The van der Waals surface area contributed by atoms with Gasteiger partial charge >= 0.3 is 0 Å². The first-order chi connectivity index (χ1) is 12.5. The molecule has 134 valence electrons. The zero-order chi connectivity index (χ0) is 18.5. The van der Waals surface area contributed by atoms with Crippen molar-refractivity contribution < 1.29 is 13.9 Å². The van der Waals surface area contributed by atoms with E-state index in [0.29, 0.717) is 22.2 Å². The zero-order valence-corrected chi connectivity index (χ0v) is 14.8. The van der Waals surface area contributed by atoms with Gasteiger partial charge < -0.3 is 14.6 Å². The van der Waals surface area contributed by atoms with Crippen molar-refractivity contribution in [3.63, 3.8) is 0 Å². The third-order valence-electron chi connectivity index (χ3n) is 3.80. The first-order valence-corrected chi connectivity index (χ1v) is 8.32. The molecule has 0 aliphatic heterocycles. The Morgan fingerprint density at radius 3 is 2.81 bits per heavy atom. The van der Waals surface area contributed by atoms with E-state index in [4.69, 9.17) is 16.3 Å². The van der Waals surface area contributed by atoms with E-state index in [2.05, 4.69) is 10.3 Å². The van der Waals surface area contributed by atoms with Gasteiger partial charge in [-0.15, -0.1) is 0 Å². The number of benzene rings is 2. The minimum atomic E-state index is -0.604. The number of nitrogens with zero attached hydrogens (tertiary/aromatic N) is 2. The number of aromatic nitrogens is 2. The smallest absolute Gasteiger partial charge is 0.258 e. The molecule has 0 radical (unpaired) electrons. The second kappa shape index (κ2) is 8.01. The normalized spacial score (nSPS) is 11.8. The van der Waals surface area contributed by atoms with Crippen LogP contribution in [0.1, 0.15) is 17.4 Å². The third kappa shape index (κ3) is 4.21. The number of carbonyl (C=O) groups excluding carboxylic acids is 1. The Bertz CT molecular complexity index is 913. The van der Waals surface area contributed by atoms with Crippen molar-refractivity contribution >= 4 is 17.5 Å². The Kier molecular flexibility index (Phi) is 5.53. The molecule has 26 heavy (non-hydrogen) atoms. The van der Waals surface area contributed by atoms with E-state index in [1.165, 1.54) is 12.1 Å². The summed E-state index contributed by atoms with van der Waals surface area (Å²) in [6, 6.07) is 12.3. The van der Waals surface area contributed by atoms with Crippen molar-refractivity contribution in [2.75, 3.05) is 6.61 Å². The van der Waals surface area contributed by atoms with Gasteiger partial charge in [0, 0.05) is 19.4 Å². The molecule has 3 rings (SSSR count). The van der Waals surface area contributed by atoms with Gasteiger partial charge in [-0.3, -0.25) is 4.79 Å². The van der Waals surface area contributed by atoms with E-state index in [-0.39, 0.29) is 18.3 Å². The molecule has 0 bridgehead atoms. The molecule has 0 unspecified atom stereocenters. The molecule has 0 saturated heterocycles. The Morgan fingerprint density at radius 2 is 2.12 bits per heavy atom. The Labute approximate surface area is 155 Å². The molecule has 2 aromatic carbocycles. The van der Waals surface area contributed by atoms with Gasteiger partial charge in [-0.2, -0.15) is 0 Å². The maximum Gasteiger partial charge on any atom is 0.258 e. The van der Waals surface area contributed by atoms with Crippen LogP contribution < -0.4 is 10.1 Å². The molecule has 0 saturated carbocycles. The molecule has 7 heteroatoms. The van der Waals surface area contributed by atoms with Gasteiger partial charge in [0.05, 0.1) is 5.02 Å². The highest BCUT2D eigenvalue weighted by Crippen LogP contribution is 2.24. The number of imidazole rings is 1. The first kappa shape index (κ1) is 17.9. The predicted molar refractivity (Wildman–Crippen MR) is 96.5 cm³/mol. The van der Waals surface area contributed by atoms with Crippen molar-refractivity contribution in [1.29, 1.82) is 0 Å². The summed E-state index contributed by atoms with van der Waals surface area (Å²) in [5, 5.41) is 3.26. The molecule has 0 spiro atoms. The fraction of sp³-hybridized carbons (Fsp3) is 0.158. The SMILES string of the molecule is Cn1ccnc1[C@H](NC(=O)COc1ccccc1Cl)c1cccc(F)c1. The van der Waals surface area contributed by atoms with Crippen LogP contribution in [0.2, 0.25) is 5.02 Å². The highest BCUT2D eigenvalue weighted by atomic mass is 35.5. The maximum absolute atomic E-state index is 13.6. The summed E-state index contributed by atoms with van der Waals surface area (Å²) in [6.45, 7) is -0.222. The summed E-state index contributed by atoms with van der Waals surface area (Å²) in [4.78, 5) is 16.7. The molecule has 1 N–H and O–H groups in total. The van der Waals surface area contributed by atoms with Gasteiger partial charge in [-0.1, -0.05) is 35.9 Å². The van der Waals surface area contributed by atoms with E-state index in [9.17, 15) is 9.18 Å². The lowest BCUT2D eigenvalue weighted by Crippen LogP contribution is -2.34. The summed E-state index contributed by atoms with van der Waals surface area (Å²) in [5.41, 5.74) is 0.588. The van der Waals surface area contributed by atoms with E-state index in [0.717, 1.165) is 0 Å². The number of aryl methyl sites for hydroxylation is 1. The van der Waals surface area contributed by atoms with E-state index in [1.54, 1.807) is 60.4 Å². The standard InChI is InChI=1S/C19H17ClFN3O2/c1-24-10-9-22-19(24)18(13-5-4-6-14(21)11-13)23-17(25)12-26-16-8-3-2-7-15(16)20/h2-11,18H,12H2,1H3,(H,23,25)/t18-/m1/s1. The number of hydrogen-bond acceptors (Lipinski definition) is 3. The minimum absolute atomic E-state index is 0.222. The van der Waals surface area contributed by atoms with Gasteiger partial charge in [-0.05, 0) is 29.8 Å². The van der Waals surface area contributed by atoms with Crippen LogP contribution in [-0.4, -0.2) is 22.1 Å². The second-order valence-corrected chi connectivity index (χ2v) is 6.08. The highest BCUT2D eigenvalue weighted by molar-refractivity contribution is 6.32. The van der Waals surface area contributed by atoms with Crippen LogP contribution in [0.4, 0.5) is 4.39 Å². The van der Waals surface area contributed by atoms with Crippen molar-refractivity contribution in [3.8, 4) is 5.75 Å². The molecule has 1 atom stereocenters. The number of ether oxygens (including phenoxy) is 1. The maximum atomic E-state index is 13.6. The van der Waals surface area contributed by atoms with Crippen molar-refractivity contribution in [2.45, 2.75) is 6.04 Å². The molecule has 0 aliphatic carbocycles. The first-order valence-electron chi connectivity index (χ1n) is 7.94. The Morgan fingerprint density at radius 1 is 1.31 bits per heavy atom. The zero-order valence-electron chi connectivity index (χ0n) is 14.0. The molecule has 0 aliphatic rings. The summed E-state index contributed by atoms with van der Waals surface area (Å²) in [6.07, 6.45) is 3.38. The van der Waals surface area contributed by atoms with Crippen LogP contribution in [-0.2, 0) is 11.8 Å². The number of nitrogens with one attached hydrogen (secondary N) is 1. The van der Waals surface area contributed by atoms with E-state index in [1.807, 2.05) is 0 Å². The Hall–Kier alpha value is -2.86. The van der Waals surface area contributed by atoms with Gasteiger partial charge in [0.2, 0.25) is 0 Å². The molecule has 3 aromatic rings. The molecule has 5 nitrogen and oxygen atoms in total. The van der Waals surface area contributed by atoms with Gasteiger partial charge in [-0.25, -0.2) is 9.37 Å². The lowest BCUT2D eigenvalue weighted by Gasteiger charge is -2.19. The Balaban J connectivity index is 1.76. The van der Waals surface area contributed by atoms with E-state index >= 15 is 0 Å². The third-order valence-corrected chi connectivity index (χ3v) is 4.11. The van der Waals surface area contributed by atoms with E-state index < -0.39 is 6.04 Å². The van der Waals surface area contributed by atoms with Crippen LogP contribution in [0.15, 0.2) is 60.9 Å². The summed E-state index contributed by atoms with van der Waals surface area (Å²) in [5.74, 6) is 0.246. The van der Waals surface area contributed by atoms with Crippen LogP contribution in [0.5, 0.6) is 5.75 Å². The van der Waals surface area contributed by atoms with Crippen LogP contribution >= 0.6 is 11.6 Å². The summed E-state index contributed by atoms with van der Waals surface area (Å²) in [7, 11) is 1.81. The summed E-state index contributed by atoms with van der Waals surface area (Å²) < 4.78 is 20.9. The largest absolute Gasteiger partial charge is 0.482 e. The predicted octanol–water partition coefficient (Wildman–Crippen LogP) is 3.50.